The second-order valence-corrected chi connectivity index (χ2v) is 11.2. The van der Waals surface area contributed by atoms with E-state index in [0.29, 0.717) is 17.9 Å². The lowest BCUT2D eigenvalue weighted by Gasteiger charge is -2.30. The van der Waals surface area contributed by atoms with Gasteiger partial charge in [-0.05, 0) is 49.2 Å². The average Bonchev–Trinajstić information content (AvgIpc) is 2.68. The van der Waals surface area contributed by atoms with Gasteiger partial charge in [0.2, 0.25) is 15.9 Å². The van der Waals surface area contributed by atoms with Gasteiger partial charge in [-0.1, -0.05) is 23.7 Å². The molecule has 2 aromatic carbocycles. The zero-order chi connectivity index (χ0) is 21.2. The third-order valence-electron chi connectivity index (χ3n) is 4.82. The smallest absolute Gasteiger partial charge is 0.243 e. The second kappa shape index (κ2) is 8.43. The van der Waals surface area contributed by atoms with Crippen molar-refractivity contribution in [3.05, 3.63) is 53.6 Å². The molecule has 0 aromatic heterocycles. The topological polar surface area (TPSA) is 101 Å². The summed E-state index contributed by atoms with van der Waals surface area (Å²) in [4.78, 5) is 12.8. The molecule has 29 heavy (non-hydrogen) atoms. The van der Waals surface area contributed by atoms with Crippen LogP contribution in [0.15, 0.2) is 58.3 Å². The Morgan fingerprint density at radius 3 is 2.17 bits per heavy atom. The summed E-state index contributed by atoms with van der Waals surface area (Å²) >= 11 is 5.82. The summed E-state index contributed by atoms with van der Waals surface area (Å²) in [6.45, 7) is 0.410. The van der Waals surface area contributed by atoms with E-state index in [2.05, 4.69) is 5.32 Å². The highest BCUT2D eigenvalue weighted by Crippen LogP contribution is 2.27. The Kier molecular flexibility index (Phi) is 6.33. The van der Waals surface area contributed by atoms with Crippen LogP contribution in [-0.2, 0) is 24.7 Å². The molecule has 7 nitrogen and oxygen atoms in total. The molecule has 156 valence electrons. The van der Waals surface area contributed by atoms with Crippen LogP contribution < -0.4 is 5.32 Å². The standard InChI is InChI=1S/C19H21ClN2O5S2/c1-28(24,25)18-5-3-2-4-17(18)21-19(23)14-10-12-22(13-11-14)29(26,27)16-8-6-15(20)7-9-16/h2-9,14H,10-13H2,1H3,(H,21,23). The monoisotopic (exact) mass is 456 g/mol. The molecule has 0 radical (unpaired) electrons. The van der Waals surface area contributed by atoms with Gasteiger partial charge in [-0.15, -0.1) is 0 Å². The first-order chi connectivity index (χ1) is 13.6. The third kappa shape index (κ3) is 4.98. The van der Waals surface area contributed by atoms with Crippen LogP contribution in [0.4, 0.5) is 5.69 Å². The molecule has 1 saturated heterocycles. The van der Waals surface area contributed by atoms with Crippen molar-refractivity contribution in [1.82, 2.24) is 4.31 Å². The van der Waals surface area contributed by atoms with Gasteiger partial charge in [0.1, 0.15) is 0 Å². The number of piperidine rings is 1. The summed E-state index contributed by atoms with van der Waals surface area (Å²) in [5.74, 6) is -0.719. The molecule has 0 unspecified atom stereocenters. The summed E-state index contributed by atoms with van der Waals surface area (Å²) in [5, 5.41) is 3.13. The highest BCUT2D eigenvalue weighted by Gasteiger charge is 2.32. The first-order valence-corrected chi connectivity index (χ1v) is 12.7. The number of rotatable bonds is 5. The maximum Gasteiger partial charge on any atom is 0.243 e. The number of halogens is 1. The Labute approximate surface area is 175 Å². The number of sulfonamides is 1. The first kappa shape index (κ1) is 21.8. The predicted molar refractivity (Wildman–Crippen MR) is 111 cm³/mol. The molecule has 1 heterocycles. The molecule has 1 aliphatic rings. The summed E-state index contributed by atoms with van der Waals surface area (Å²) in [7, 11) is -7.13. The van der Waals surface area contributed by atoms with Gasteiger partial charge in [-0.3, -0.25) is 4.79 Å². The summed E-state index contributed by atoms with van der Waals surface area (Å²) in [5.41, 5.74) is 0.233. The van der Waals surface area contributed by atoms with E-state index in [1.54, 1.807) is 12.1 Å². The van der Waals surface area contributed by atoms with E-state index >= 15 is 0 Å². The summed E-state index contributed by atoms with van der Waals surface area (Å²) in [6.07, 6.45) is 1.78. The van der Waals surface area contributed by atoms with Gasteiger partial charge >= 0.3 is 0 Å². The van der Waals surface area contributed by atoms with Crippen molar-refractivity contribution < 1.29 is 21.6 Å². The van der Waals surface area contributed by atoms with Crippen molar-refractivity contribution in [2.24, 2.45) is 5.92 Å². The van der Waals surface area contributed by atoms with Crippen LogP contribution in [-0.4, -0.2) is 46.4 Å². The lowest BCUT2D eigenvalue weighted by atomic mass is 9.97. The number of sulfone groups is 1. The molecular weight excluding hydrogens is 436 g/mol. The van der Waals surface area contributed by atoms with Crippen molar-refractivity contribution in [3.8, 4) is 0 Å². The zero-order valence-electron chi connectivity index (χ0n) is 15.7. The molecule has 0 aliphatic carbocycles. The molecule has 2 aromatic rings. The van der Waals surface area contributed by atoms with Crippen molar-refractivity contribution in [2.75, 3.05) is 24.7 Å². The van der Waals surface area contributed by atoms with Crippen molar-refractivity contribution >= 4 is 43.1 Å². The normalized spacial score (nSPS) is 16.5. The van der Waals surface area contributed by atoms with E-state index in [4.69, 9.17) is 11.6 Å². The van der Waals surface area contributed by atoms with Gasteiger partial charge in [0, 0.05) is 30.3 Å². The number of carbonyl (C=O) groups is 1. The van der Waals surface area contributed by atoms with Crippen molar-refractivity contribution in [1.29, 1.82) is 0 Å². The van der Waals surface area contributed by atoms with E-state index in [1.165, 1.54) is 40.7 Å². The molecule has 0 saturated carbocycles. The minimum atomic E-state index is -3.65. The molecule has 1 aliphatic heterocycles. The Morgan fingerprint density at radius 2 is 1.59 bits per heavy atom. The van der Waals surface area contributed by atoms with Crippen LogP contribution >= 0.6 is 11.6 Å². The molecule has 0 spiro atoms. The number of hydrogen-bond acceptors (Lipinski definition) is 5. The van der Waals surface area contributed by atoms with Gasteiger partial charge in [-0.2, -0.15) is 4.31 Å². The highest BCUT2D eigenvalue weighted by atomic mass is 35.5. The van der Waals surface area contributed by atoms with Crippen LogP contribution in [0.5, 0.6) is 0 Å². The summed E-state index contributed by atoms with van der Waals surface area (Å²) < 4.78 is 50.6. The second-order valence-electron chi connectivity index (χ2n) is 6.89. The van der Waals surface area contributed by atoms with Crippen LogP contribution in [0.1, 0.15) is 12.8 Å². The maximum absolute atomic E-state index is 12.7. The summed E-state index contributed by atoms with van der Waals surface area (Å²) in [6, 6.07) is 12.2. The van der Waals surface area contributed by atoms with Crippen LogP contribution in [0, 0.1) is 5.92 Å². The Balaban J connectivity index is 1.67. The van der Waals surface area contributed by atoms with E-state index in [1.807, 2.05) is 0 Å². The SMILES string of the molecule is CS(=O)(=O)c1ccccc1NC(=O)C1CCN(S(=O)(=O)c2ccc(Cl)cc2)CC1. The lowest BCUT2D eigenvalue weighted by Crippen LogP contribution is -2.41. The number of carbonyl (C=O) groups excluding carboxylic acids is 1. The number of amides is 1. The van der Waals surface area contributed by atoms with Gasteiger partial charge in [-0.25, -0.2) is 16.8 Å². The predicted octanol–water partition coefficient (Wildman–Crippen LogP) is 2.78. The minimum Gasteiger partial charge on any atom is -0.325 e. The number of nitrogens with zero attached hydrogens (tertiary/aromatic N) is 1. The highest BCUT2D eigenvalue weighted by molar-refractivity contribution is 7.91. The van der Waals surface area contributed by atoms with Gasteiger partial charge < -0.3 is 5.32 Å². The fourth-order valence-electron chi connectivity index (χ4n) is 3.24. The Bertz CT molecular complexity index is 1110. The fourth-order valence-corrected chi connectivity index (χ4v) is 5.68. The number of hydrogen-bond donors (Lipinski definition) is 1. The van der Waals surface area contributed by atoms with E-state index in [0.717, 1.165) is 6.26 Å². The molecule has 3 rings (SSSR count). The van der Waals surface area contributed by atoms with Gasteiger partial charge in [0.15, 0.2) is 9.84 Å². The molecule has 0 bridgehead atoms. The van der Waals surface area contributed by atoms with E-state index < -0.39 is 25.8 Å². The van der Waals surface area contributed by atoms with Crippen LogP contribution in [0.3, 0.4) is 0 Å². The number of benzene rings is 2. The zero-order valence-corrected chi connectivity index (χ0v) is 18.1. The fraction of sp³-hybridized carbons (Fsp3) is 0.316. The third-order valence-corrected chi connectivity index (χ3v) is 8.14. The molecule has 0 atom stereocenters. The Morgan fingerprint density at radius 1 is 1.00 bits per heavy atom. The molecule has 1 N–H and O–H groups in total. The van der Waals surface area contributed by atoms with Gasteiger partial charge in [0.25, 0.3) is 0 Å². The van der Waals surface area contributed by atoms with E-state index in [9.17, 15) is 21.6 Å². The quantitative estimate of drug-likeness (QED) is 0.745. The minimum absolute atomic E-state index is 0.0519. The van der Waals surface area contributed by atoms with Gasteiger partial charge in [0.05, 0.1) is 15.5 Å². The number of para-hydroxylation sites is 1. The maximum atomic E-state index is 12.7. The first-order valence-electron chi connectivity index (χ1n) is 8.95. The lowest BCUT2D eigenvalue weighted by molar-refractivity contribution is -0.120. The van der Waals surface area contributed by atoms with Crippen LogP contribution in [0.25, 0.3) is 0 Å². The molecule has 10 heteroatoms. The van der Waals surface area contributed by atoms with Crippen LogP contribution in [0.2, 0.25) is 5.02 Å². The number of nitrogens with one attached hydrogen (secondary N) is 1. The average molecular weight is 457 g/mol. The van der Waals surface area contributed by atoms with Crippen molar-refractivity contribution in [3.63, 3.8) is 0 Å². The van der Waals surface area contributed by atoms with Crippen molar-refractivity contribution in [2.45, 2.75) is 22.6 Å². The molecular formula is C19H21ClN2O5S2. The molecule has 1 amide bonds. The largest absolute Gasteiger partial charge is 0.325 e. The van der Waals surface area contributed by atoms with E-state index in [-0.39, 0.29) is 34.5 Å². The Hall–Kier alpha value is -1.94. The molecule has 1 fully saturated rings. The number of anilines is 1.